The minimum atomic E-state index is -0.402. The molecule has 0 bridgehead atoms. The van der Waals surface area contributed by atoms with Crippen molar-refractivity contribution < 1.29 is 9.53 Å². The van der Waals surface area contributed by atoms with E-state index in [0.717, 1.165) is 6.42 Å². The Hall–Kier alpha value is -2.15. The lowest BCUT2D eigenvalue weighted by Gasteiger charge is -2.07. The molecule has 2 aromatic rings. The standard InChI is InChI=1S/C12H14ClN5O2/c1-3-6-18-16-12(15-17-18)14-11(19)9-7-8(13)4-5-10(9)20-2/h4-5,7H,3,6H2,1-2H3,(H,14,16,19). The van der Waals surface area contributed by atoms with Gasteiger partial charge in [-0.2, -0.15) is 4.80 Å². The molecule has 0 saturated heterocycles. The number of tetrazole rings is 1. The Bertz CT molecular complexity index is 614. The van der Waals surface area contributed by atoms with E-state index in [1.165, 1.54) is 18.0 Å². The Kier molecular flexibility index (Phi) is 4.52. The fraction of sp³-hybridized carbons (Fsp3) is 0.333. The van der Waals surface area contributed by atoms with Crippen LogP contribution in [0.4, 0.5) is 5.95 Å². The summed E-state index contributed by atoms with van der Waals surface area (Å²) in [6.45, 7) is 2.64. The highest BCUT2D eigenvalue weighted by atomic mass is 35.5. The van der Waals surface area contributed by atoms with Gasteiger partial charge in [0.15, 0.2) is 0 Å². The monoisotopic (exact) mass is 295 g/mol. The highest BCUT2D eigenvalue weighted by Gasteiger charge is 2.15. The van der Waals surface area contributed by atoms with Gasteiger partial charge in [0.05, 0.1) is 19.2 Å². The number of aromatic nitrogens is 4. The van der Waals surface area contributed by atoms with Crippen LogP contribution in [0.15, 0.2) is 18.2 Å². The average molecular weight is 296 g/mol. The van der Waals surface area contributed by atoms with E-state index in [2.05, 4.69) is 20.7 Å². The molecule has 0 spiro atoms. The Morgan fingerprint density at radius 1 is 1.50 bits per heavy atom. The molecule has 0 fully saturated rings. The zero-order valence-corrected chi connectivity index (χ0v) is 11.9. The molecule has 1 aromatic carbocycles. The topological polar surface area (TPSA) is 81.9 Å². The first kappa shape index (κ1) is 14.3. The fourth-order valence-electron chi connectivity index (χ4n) is 1.61. The van der Waals surface area contributed by atoms with Crippen LogP contribution in [0.2, 0.25) is 5.02 Å². The summed E-state index contributed by atoms with van der Waals surface area (Å²) in [7, 11) is 1.48. The van der Waals surface area contributed by atoms with Crippen LogP contribution in [0.1, 0.15) is 23.7 Å². The molecule has 1 aromatic heterocycles. The third-order valence-electron chi connectivity index (χ3n) is 2.51. The van der Waals surface area contributed by atoms with E-state index in [0.29, 0.717) is 22.9 Å². The number of ether oxygens (including phenoxy) is 1. The summed E-state index contributed by atoms with van der Waals surface area (Å²) in [5, 5.41) is 14.6. The Balaban J connectivity index is 2.16. The summed E-state index contributed by atoms with van der Waals surface area (Å²) in [6, 6.07) is 4.79. The lowest BCUT2D eigenvalue weighted by molar-refractivity contribution is 0.102. The highest BCUT2D eigenvalue weighted by molar-refractivity contribution is 6.31. The highest BCUT2D eigenvalue weighted by Crippen LogP contribution is 2.23. The summed E-state index contributed by atoms with van der Waals surface area (Å²) in [6.07, 6.45) is 0.881. The number of amides is 1. The largest absolute Gasteiger partial charge is 0.496 e. The van der Waals surface area contributed by atoms with Crippen molar-refractivity contribution in [3.8, 4) is 5.75 Å². The maximum atomic E-state index is 12.1. The second kappa shape index (κ2) is 6.33. The number of carbonyl (C=O) groups excluding carboxylic acids is 1. The van der Waals surface area contributed by atoms with Crippen LogP contribution in [0.25, 0.3) is 0 Å². The summed E-state index contributed by atoms with van der Waals surface area (Å²) < 4.78 is 5.12. The van der Waals surface area contributed by atoms with Gasteiger partial charge in [-0.25, -0.2) is 0 Å². The van der Waals surface area contributed by atoms with Gasteiger partial charge < -0.3 is 4.74 Å². The molecule has 0 unspecified atom stereocenters. The SMILES string of the molecule is CCCn1nnc(NC(=O)c2cc(Cl)ccc2OC)n1. The summed E-state index contributed by atoms with van der Waals surface area (Å²) in [4.78, 5) is 13.6. The lowest BCUT2D eigenvalue weighted by atomic mass is 10.2. The van der Waals surface area contributed by atoms with Gasteiger partial charge in [-0.1, -0.05) is 23.6 Å². The molecule has 20 heavy (non-hydrogen) atoms. The van der Waals surface area contributed by atoms with Crippen LogP contribution in [-0.4, -0.2) is 33.2 Å². The van der Waals surface area contributed by atoms with Gasteiger partial charge in [-0.15, -0.1) is 5.10 Å². The smallest absolute Gasteiger partial charge is 0.270 e. The predicted molar refractivity (Wildman–Crippen MR) is 74.1 cm³/mol. The maximum absolute atomic E-state index is 12.1. The molecule has 1 N–H and O–H groups in total. The molecule has 1 heterocycles. The zero-order valence-electron chi connectivity index (χ0n) is 11.1. The predicted octanol–water partition coefficient (Wildman–Crippen LogP) is 2.00. The lowest BCUT2D eigenvalue weighted by Crippen LogP contribution is -2.14. The molecule has 7 nitrogen and oxygen atoms in total. The fourth-order valence-corrected chi connectivity index (χ4v) is 1.79. The van der Waals surface area contributed by atoms with Crippen molar-refractivity contribution in [3.05, 3.63) is 28.8 Å². The van der Waals surface area contributed by atoms with E-state index in [1.807, 2.05) is 6.92 Å². The molecule has 0 aliphatic carbocycles. The van der Waals surface area contributed by atoms with E-state index in [4.69, 9.17) is 16.3 Å². The van der Waals surface area contributed by atoms with Gasteiger partial charge in [0.1, 0.15) is 5.75 Å². The normalized spacial score (nSPS) is 10.3. The average Bonchev–Trinajstić information content (AvgIpc) is 2.86. The molecular weight excluding hydrogens is 282 g/mol. The van der Waals surface area contributed by atoms with Crippen molar-refractivity contribution >= 4 is 23.5 Å². The minimum Gasteiger partial charge on any atom is -0.496 e. The molecule has 106 valence electrons. The van der Waals surface area contributed by atoms with E-state index >= 15 is 0 Å². The third kappa shape index (κ3) is 3.24. The van der Waals surface area contributed by atoms with Crippen LogP contribution in [0, 0.1) is 0 Å². The number of carbonyl (C=O) groups is 1. The van der Waals surface area contributed by atoms with Gasteiger partial charge in [0.25, 0.3) is 11.9 Å². The second-order valence-electron chi connectivity index (χ2n) is 4.01. The summed E-state index contributed by atoms with van der Waals surface area (Å²) >= 11 is 5.88. The number of halogens is 1. The van der Waals surface area contributed by atoms with Gasteiger partial charge in [0.2, 0.25) is 0 Å². The molecule has 0 aliphatic rings. The molecular formula is C12H14ClN5O2. The number of aryl methyl sites for hydroxylation is 1. The first-order valence-electron chi connectivity index (χ1n) is 6.06. The molecule has 0 saturated carbocycles. The van der Waals surface area contributed by atoms with E-state index in [-0.39, 0.29) is 5.95 Å². The second-order valence-corrected chi connectivity index (χ2v) is 4.44. The number of methoxy groups -OCH3 is 1. The van der Waals surface area contributed by atoms with Crippen molar-refractivity contribution in [1.29, 1.82) is 0 Å². The van der Waals surface area contributed by atoms with Crippen LogP contribution >= 0.6 is 11.6 Å². The zero-order chi connectivity index (χ0) is 14.5. The molecule has 0 radical (unpaired) electrons. The minimum absolute atomic E-state index is 0.144. The van der Waals surface area contributed by atoms with Gasteiger partial charge in [0, 0.05) is 5.02 Å². The van der Waals surface area contributed by atoms with E-state index in [1.54, 1.807) is 12.1 Å². The number of rotatable bonds is 5. The molecule has 0 aliphatic heterocycles. The van der Waals surface area contributed by atoms with Crippen LogP contribution < -0.4 is 10.1 Å². The van der Waals surface area contributed by atoms with E-state index in [9.17, 15) is 4.79 Å². The molecule has 0 atom stereocenters. The summed E-state index contributed by atoms with van der Waals surface area (Å²) in [5.41, 5.74) is 0.312. The van der Waals surface area contributed by atoms with Crippen LogP contribution in [0.5, 0.6) is 5.75 Å². The van der Waals surface area contributed by atoms with Crippen molar-refractivity contribution in [2.45, 2.75) is 19.9 Å². The molecule has 2 rings (SSSR count). The first-order valence-corrected chi connectivity index (χ1v) is 6.44. The number of nitrogens with zero attached hydrogens (tertiary/aromatic N) is 4. The summed E-state index contributed by atoms with van der Waals surface area (Å²) in [5.74, 6) is 0.165. The molecule has 8 heteroatoms. The Morgan fingerprint density at radius 2 is 2.30 bits per heavy atom. The number of anilines is 1. The van der Waals surface area contributed by atoms with Crippen molar-refractivity contribution in [1.82, 2.24) is 20.2 Å². The first-order chi connectivity index (χ1) is 9.63. The Morgan fingerprint density at radius 3 is 3.00 bits per heavy atom. The van der Waals surface area contributed by atoms with Gasteiger partial charge in [-0.3, -0.25) is 10.1 Å². The number of hydrogen-bond acceptors (Lipinski definition) is 5. The van der Waals surface area contributed by atoms with Crippen LogP contribution in [0.3, 0.4) is 0 Å². The quantitative estimate of drug-likeness (QED) is 0.912. The van der Waals surface area contributed by atoms with Crippen molar-refractivity contribution in [3.63, 3.8) is 0 Å². The van der Waals surface area contributed by atoms with Crippen molar-refractivity contribution in [2.75, 3.05) is 12.4 Å². The third-order valence-corrected chi connectivity index (χ3v) is 2.74. The van der Waals surface area contributed by atoms with E-state index < -0.39 is 5.91 Å². The number of nitrogens with one attached hydrogen (secondary N) is 1. The Labute approximate surface area is 120 Å². The van der Waals surface area contributed by atoms with Crippen molar-refractivity contribution in [2.24, 2.45) is 0 Å². The van der Waals surface area contributed by atoms with Gasteiger partial charge in [-0.05, 0) is 29.8 Å². The number of hydrogen-bond donors (Lipinski definition) is 1. The maximum Gasteiger partial charge on any atom is 0.270 e. The van der Waals surface area contributed by atoms with Crippen LogP contribution in [-0.2, 0) is 6.54 Å². The number of benzene rings is 1. The molecule has 1 amide bonds. The van der Waals surface area contributed by atoms with Gasteiger partial charge >= 0.3 is 0 Å².